The Balaban J connectivity index is 1.71. The number of benzene rings is 2. The molecule has 2 rings (SSSR count). The fourth-order valence-corrected chi connectivity index (χ4v) is 1.68. The van der Waals surface area contributed by atoms with Crippen molar-refractivity contribution in [2.24, 2.45) is 0 Å². The predicted octanol–water partition coefficient (Wildman–Crippen LogP) is 3.98. The van der Waals surface area contributed by atoms with Crippen molar-refractivity contribution in [1.82, 2.24) is 0 Å². The van der Waals surface area contributed by atoms with Crippen molar-refractivity contribution in [2.75, 3.05) is 13.2 Å². The number of ether oxygens (including phenoxy) is 2. The summed E-state index contributed by atoms with van der Waals surface area (Å²) in [6, 6.07) is 14.2. The first kappa shape index (κ1) is 13.4. The second-order valence-electron chi connectivity index (χ2n) is 4.27. The van der Waals surface area contributed by atoms with E-state index in [4.69, 9.17) is 9.47 Å². The Bertz CT molecular complexity index is 511. The summed E-state index contributed by atoms with van der Waals surface area (Å²) >= 11 is 0. The number of halogens is 1. The Morgan fingerprint density at radius 2 is 1.68 bits per heavy atom. The number of hydrogen-bond donors (Lipinski definition) is 0. The molecule has 0 aliphatic carbocycles. The maximum Gasteiger partial charge on any atom is 0.126 e. The van der Waals surface area contributed by atoms with E-state index in [-0.39, 0.29) is 5.82 Å². The van der Waals surface area contributed by atoms with Gasteiger partial charge in [-0.05, 0) is 30.7 Å². The first-order valence-corrected chi connectivity index (χ1v) is 6.32. The minimum Gasteiger partial charge on any atom is -0.493 e. The molecule has 0 saturated carbocycles. The van der Waals surface area contributed by atoms with E-state index in [0.29, 0.717) is 19.0 Å². The van der Waals surface area contributed by atoms with Gasteiger partial charge in [0.25, 0.3) is 0 Å². The van der Waals surface area contributed by atoms with E-state index in [1.807, 2.05) is 37.3 Å². The summed E-state index contributed by atoms with van der Waals surface area (Å²) in [6.07, 6.45) is 0.755. The van der Waals surface area contributed by atoms with Crippen LogP contribution in [-0.2, 0) is 0 Å². The molecule has 3 heteroatoms. The fraction of sp³-hybridized carbons (Fsp3) is 0.250. The fourth-order valence-electron chi connectivity index (χ4n) is 1.68. The van der Waals surface area contributed by atoms with Crippen LogP contribution in [0.4, 0.5) is 4.39 Å². The van der Waals surface area contributed by atoms with Gasteiger partial charge in [0.1, 0.15) is 17.3 Å². The van der Waals surface area contributed by atoms with Gasteiger partial charge in [-0.1, -0.05) is 24.3 Å². The van der Waals surface area contributed by atoms with Crippen LogP contribution in [0.25, 0.3) is 0 Å². The van der Waals surface area contributed by atoms with E-state index in [1.165, 1.54) is 12.1 Å². The zero-order chi connectivity index (χ0) is 13.5. The van der Waals surface area contributed by atoms with Crippen molar-refractivity contribution in [3.8, 4) is 11.5 Å². The van der Waals surface area contributed by atoms with Crippen molar-refractivity contribution in [2.45, 2.75) is 13.3 Å². The maximum atomic E-state index is 13.0. The molecule has 0 bridgehead atoms. The van der Waals surface area contributed by atoms with E-state index < -0.39 is 0 Å². The molecule has 0 spiro atoms. The molecule has 0 saturated heterocycles. The first-order valence-electron chi connectivity index (χ1n) is 6.32. The molecule has 2 aromatic rings. The predicted molar refractivity (Wildman–Crippen MR) is 73.2 cm³/mol. The van der Waals surface area contributed by atoms with Crippen LogP contribution >= 0.6 is 0 Å². The first-order chi connectivity index (χ1) is 9.25. The highest BCUT2D eigenvalue weighted by Crippen LogP contribution is 2.18. The molecule has 0 aromatic heterocycles. The third kappa shape index (κ3) is 4.28. The highest BCUT2D eigenvalue weighted by molar-refractivity contribution is 5.32. The smallest absolute Gasteiger partial charge is 0.126 e. The lowest BCUT2D eigenvalue weighted by atomic mass is 10.2. The van der Waals surface area contributed by atoms with Crippen LogP contribution in [0.15, 0.2) is 48.5 Å². The molecule has 0 fully saturated rings. The van der Waals surface area contributed by atoms with Gasteiger partial charge in [0.15, 0.2) is 0 Å². The van der Waals surface area contributed by atoms with Crippen molar-refractivity contribution in [3.63, 3.8) is 0 Å². The summed E-state index contributed by atoms with van der Waals surface area (Å²) in [7, 11) is 0. The van der Waals surface area contributed by atoms with E-state index in [0.717, 1.165) is 17.7 Å². The third-order valence-corrected chi connectivity index (χ3v) is 2.71. The van der Waals surface area contributed by atoms with Gasteiger partial charge in [-0.2, -0.15) is 0 Å². The Morgan fingerprint density at radius 3 is 2.47 bits per heavy atom. The minimum absolute atomic E-state index is 0.277. The average molecular weight is 260 g/mol. The quantitative estimate of drug-likeness (QED) is 0.731. The highest BCUT2D eigenvalue weighted by atomic mass is 19.1. The zero-order valence-corrected chi connectivity index (χ0v) is 10.9. The minimum atomic E-state index is -0.277. The molecule has 100 valence electrons. The van der Waals surface area contributed by atoms with E-state index >= 15 is 0 Å². The second-order valence-corrected chi connectivity index (χ2v) is 4.27. The van der Waals surface area contributed by atoms with Gasteiger partial charge in [-0.15, -0.1) is 0 Å². The summed E-state index contributed by atoms with van der Waals surface area (Å²) in [5.74, 6) is 1.17. The molecule has 19 heavy (non-hydrogen) atoms. The highest BCUT2D eigenvalue weighted by Gasteiger charge is 2.01. The summed E-state index contributed by atoms with van der Waals surface area (Å²) in [6.45, 7) is 2.99. The maximum absolute atomic E-state index is 13.0. The average Bonchev–Trinajstić information content (AvgIpc) is 2.43. The normalized spacial score (nSPS) is 10.2. The molecule has 0 heterocycles. The molecule has 0 aliphatic heterocycles. The van der Waals surface area contributed by atoms with E-state index in [2.05, 4.69) is 0 Å². The summed E-state index contributed by atoms with van der Waals surface area (Å²) in [5.41, 5.74) is 0.936. The molecule has 0 N–H and O–H groups in total. The Hall–Kier alpha value is -2.03. The molecule has 0 amide bonds. The van der Waals surface area contributed by atoms with Gasteiger partial charge in [0, 0.05) is 12.5 Å². The molecule has 0 aliphatic rings. The molecule has 0 unspecified atom stereocenters. The molecular weight excluding hydrogens is 243 g/mol. The molecule has 0 atom stereocenters. The lowest BCUT2D eigenvalue weighted by Gasteiger charge is -2.10. The van der Waals surface area contributed by atoms with Crippen LogP contribution in [0.2, 0.25) is 0 Å². The van der Waals surface area contributed by atoms with Gasteiger partial charge in [-0.25, -0.2) is 4.39 Å². The van der Waals surface area contributed by atoms with Crippen LogP contribution in [0.3, 0.4) is 0 Å². The summed E-state index contributed by atoms with van der Waals surface area (Å²) in [5, 5.41) is 0. The monoisotopic (exact) mass is 260 g/mol. The van der Waals surface area contributed by atoms with Crippen molar-refractivity contribution >= 4 is 0 Å². The van der Waals surface area contributed by atoms with Crippen LogP contribution in [0.5, 0.6) is 11.5 Å². The van der Waals surface area contributed by atoms with Crippen LogP contribution in [-0.4, -0.2) is 13.2 Å². The van der Waals surface area contributed by atoms with E-state index in [1.54, 1.807) is 6.07 Å². The lowest BCUT2D eigenvalue weighted by Crippen LogP contribution is -2.05. The lowest BCUT2D eigenvalue weighted by molar-refractivity contribution is 0.246. The third-order valence-electron chi connectivity index (χ3n) is 2.71. The molecule has 2 nitrogen and oxygen atoms in total. The second kappa shape index (κ2) is 6.78. The van der Waals surface area contributed by atoms with Gasteiger partial charge in [-0.3, -0.25) is 0 Å². The Kier molecular flexibility index (Phi) is 4.78. The molecular formula is C16H17FO2. The van der Waals surface area contributed by atoms with Gasteiger partial charge in [0.2, 0.25) is 0 Å². The Labute approximate surface area is 112 Å². The Morgan fingerprint density at radius 1 is 0.947 bits per heavy atom. The largest absolute Gasteiger partial charge is 0.493 e. The van der Waals surface area contributed by atoms with E-state index in [9.17, 15) is 4.39 Å². The summed E-state index contributed by atoms with van der Waals surface area (Å²) in [4.78, 5) is 0. The SMILES string of the molecule is Cc1ccc(F)cc1OCCCOc1ccccc1. The molecule has 0 radical (unpaired) electrons. The van der Waals surface area contributed by atoms with Crippen LogP contribution in [0, 0.1) is 12.7 Å². The standard InChI is InChI=1S/C16H17FO2/c1-13-8-9-14(17)12-16(13)19-11-5-10-18-15-6-3-2-4-7-15/h2-4,6-9,12H,5,10-11H2,1H3. The van der Waals surface area contributed by atoms with Crippen molar-refractivity contribution in [3.05, 3.63) is 59.9 Å². The number of rotatable bonds is 6. The summed E-state index contributed by atoms with van der Waals surface area (Å²) < 4.78 is 24.1. The van der Waals surface area contributed by atoms with Crippen LogP contribution < -0.4 is 9.47 Å². The van der Waals surface area contributed by atoms with Crippen LogP contribution in [0.1, 0.15) is 12.0 Å². The number of aryl methyl sites for hydroxylation is 1. The van der Waals surface area contributed by atoms with Gasteiger partial charge in [0.05, 0.1) is 13.2 Å². The van der Waals surface area contributed by atoms with Crippen molar-refractivity contribution < 1.29 is 13.9 Å². The van der Waals surface area contributed by atoms with Crippen molar-refractivity contribution in [1.29, 1.82) is 0 Å². The topological polar surface area (TPSA) is 18.5 Å². The zero-order valence-electron chi connectivity index (χ0n) is 10.9. The van der Waals surface area contributed by atoms with Gasteiger partial charge < -0.3 is 9.47 Å². The number of hydrogen-bond acceptors (Lipinski definition) is 2. The number of para-hydroxylation sites is 1. The van der Waals surface area contributed by atoms with Gasteiger partial charge >= 0.3 is 0 Å². The molecule has 2 aromatic carbocycles.